The van der Waals surface area contributed by atoms with E-state index in [4.69, 9.17) is 5.73 Å². The van der Waals surface area contributed by atoms with Crippen LogP contribution < -0.4 is 5.73 Å². The van der Waals surface area contributed by atoms with Crippen molar-refractivity contribution in [2.75, 3.05) is 0 Å². The minimum Gasteiger partial charge on any atom is -0.364 e. The molecule has 0 aliphatic rings. The normalized spacial score (nSPS) is 10.9. The molecule has 0 radical (unpaired) electrons. The third kappa shape index (κ3) is 2.05. The van der Waals surface area contributed by atoms with Gasteiger partial charge in [-0.25, -0.2) is 4.39 Å². The van der Waals surface area contributed by atoms with Gasteiger partial charge in [0.1, 0.15) is 11.5 Å². The number of fused-ring (bicyclic) bond motifs is 1. The number of benzene rings is 2. The van der Waals surface area contributed by atoms with Crippen LogP contribution in [0.3, 0.4) is 0 Å². The molecule has 20 heavy (non-hydrogen) atoms. The van der Waals surface area contributed by atoms with Crippen LogP contribution in [0.1, 0.15) is 16.1 Å². The number of primary amides is 1. The Kier molecular flexibility index (Phi) is 2.79. The molecule has 0 aliphatic carbocycles. The number of carbonyl (C=O) groups is 1. The van der Waals surface area contributed by atoms with Crippen LogP contribution in [0.2, 0.25) is 0 Å². The summed E-state index contributed by atoms with van der Waals surface area (Å²) in [5.74, 6) is -0.701. The number of halogens is 1. The van der Waals surface area contributed by atoms with Crippen molar-refractivity contribution < 1.29 is 9.18 Å². The van der Waals surface area contributed by atoms with Gasteiger partial charge in [0, 0.05) is 10.9 Å². The molecule has 0 saturated heterocycles. The van der Waals surface area contributed by atoms with Crippen LogP contribution in [0, 0.1) is 12.7 Å². The van der Waals surface area contributed by atoms with Crippen molar-refractivity contribution in [1.82, 2.24) is 4.98 Å². The molecule has 0 fully saturated rings. The summed E-state index contributed by atoms with van der Waals surface area (Å²) < 4.78 is 13.3. The van der Waals surface area contributed by atoms with Gasteiger partial charge in [-0.2, -0.15) is 0 Å². The van der Waals surface area contributed by atoms with E-state index in [-0.39, 0.29) is 5.82 Å². The predicted octanol–water partition coefficient (Wildman–Crippen LogP) is 3.38. The minimum atomic E-state index is -0.486. The molecule has 1 heterocycles. The number of aryl methyl sites for hydroxylation is 1. The maximum absolute atomic E-state index is 13.3. The van der Waals surface area contributed by atoms with Gasteiger partial charge in [0.15, 0.2) is 0 Å². The van der Waals surface area contributed by atoms with E-state index < -0.39 is 5.91 Å². The molecule has 0 unspecified atom stereocenters. The second kappa shape index (κ2) is 4.49. The van der Waals surface area contributed by atoms with Crippen LogP contribution in [-0.2, 0) is 0 Å². The van der Waals surface area contributed by atoms with E-state index in [0.717, 1.165) is 22.0 Å². The molecule has 0 bridgehead atoms. The van der Waals surface area contributed by atoms with Crippen LogP contribution in [0.4, 0.5) is 4.39 Å². The first kappa shape index (κ1) is 12.4. The molecule has 1 aromatic heterocycles. The van der Waals surface area contributed by atoms with Crippen molar-refractivity contribution in [1.29, 1.82) is 0 Å². The third-order valence-electron chi connectivity index (χ3n) is 3.38. The molecule has 3 aromatic rings. The number of nitrogens with two attached hydrogens (primary N) is 1. The van der Waals surface area contributed by atoms with Gasteiger partial charge in [0.2, 0.25) is 0 Å². The average molecular weight is 268 g/mol. The molecule has 0 saturated carbocycles. The fourth-order valence-electron chi connectivity index (χ4n) is 2.27. The molecular weight excluding hydrogens is 255 g/mol. The van der Waals surface area contributed by atoms with Crippen LogP contribution in [0.25, 0.3) is 22.0 Å². The largest absolute Gasteiger partial charge is 0.364 e. The highest BCUT2D eigenvalue weighted by Gasteiger charge is 2.07. The van der Waals surface area contributed by atoms with Crippen molar-refractivity contribution in [3.05, 3.63) is 59.5 Å². The number of nitrogens with one attached hydrogen (secondary N) is 1. The highest BCUT2D eigenvalue weighted by atomic mass is 19.1. The first-order chi connectivity index (χ1) is 9.54. The van der Waals surface area contributed by atoms with E-state index in [1.807, 2.05) is 18.2 Å². The van der Waals surface area contributed by atoms with Crippen LogP contribution in [-0.4, -0.2) is 10.9 Å². The fourth-order valence-corrected chi connectivity index (χ4v) is 2.27. The molecule has 100 valence electrons. The highest BCUT2D eigenvalue weighted by molar-refractivity contribution is 5.98. The zero-order valence-corrected chi connectivity index (χ0v) is 10.9. The standard InChI is InChI=1S/C16H13FN2O/c1-9-6-10(2-4-13(9)17)11-3-5-14-12(7-11)8-15(19-14)16(18)20/h2-8,19H,1H3,(H2,18,20). The summed E-state index contributed by atoms with van der Waals surface area (Å²) in [5, 5.41) is 0.901. The molecule has 2 aromatic carbocycles. The molecule has 0 aliphatic heterocycles. The Balaban J connectivity index is 2.12. The van der Waals surface area contributed by atoms with E-state index in [1.165, 1.54) is 6.07 Å². The Labute approximate surface area is 115 Å². The Hall–Kier alpha value is -2.62. The lowest BCUT2D eigenvalue weighted by Crippen LogP contribution is -2.10. The zero-order valence-electron chi connectivity index (χ0n) is 10.9. The van der Waals surface area contributed by atoms with Crippen LogP contribution in [0.5, 0.6) is 0 Å². The van der Waals surface area contributed by atoms with Gasteiger partial charge in [0.25, 0.3) is 5.91 Å². The Morgan fingerprint density at radius 3 is 2.50 bits per heavy atom. The van der Waals surface area contributed by atoms with Crippen LogP contribution in [0.15, 0.2) is 42.5 Å². The summed E-state index contributed by atoms with van der Waals surface area (Å²) in [7, 11) is 0. The Morgan fingerprint density at radius 1 is 1.10 bits per heavy atom. The van der Waals surface area contributed by atoms with Gasteiger partial charge in [0.05, 0.1) is 0 Å². The maximum Gasteiger partial charge on any atom is 0.265 e. The SMILES string of the molecule is Cc1cc(-c2ccc3[nH]c(C(N)=O)cc3c2)ccc1F. The number of carbonyl (C=O) groups excluding carboxylic acids is 1. The van der Waals surface area contributed by atoms with E-state index >= 15 is 0 Å². The van der Waals surface area contributed by atoms with Gasteiger partial charge >= 0.3 is 0 Å². The predicted molar refractivity (Wildman–Crippen MR) is 76.9 cm³/mol. The Morgan fingerprint density at radius 2 is 1.80 bits per heavy atom. The molecular formula is C16H13FN2O. The molecule has 3 nitrogen and oxygen atoms in total. The number of aromatic nitrogens is 1. The third-order valence-corrected chi connectivity index (χ3v) is 3.38. The topological polar surface area (TPSA) is 58.9 Å². The lowest BCUT2D eigenvalue weighted by atomic mass is 10.0. The van der Waals surface area contributed by atoms with Gasteiger partial charge in [-0.1, -0.05) is 12.1 Å². The second-order valence-corrected chi connectivity index (χ2v) is 4.81. The molecule has 0 spiro atoms. The first-order valence-corrected chi connectivity index (χ1v) is 6.24. The summed E-state index contributed by atoms with van der Waals surface area (Å²) in [4.78, 5) is 14.1. The Bertz CT molecular complexity index is 820. The first-order valence-electron chi connectivity index (χ1n) is 6.24. The monoisotopic (exact) mass is 268 g/mol. The van der Waals surface area contributed by atoms with E-state index in [2.05, 4.69) is 4.98 Å². The summed E-state index contributed by atoms with van der Waals surface area (Å²) in [6.45, 7) is 1.73. The number of hydrogen-bond donors (Lipinski definition) is 2. The van der Waals surface area contributed by atoms with Crippen molar-refractivity contribution >= 4 is 16.8 Å². The fraction of sp³-hybridized carbons (Fsp3) is 0.0625. The summed E-state index contributed by atoms with van der Waals surface area (Å²) in [6.07, 6.45) is 0. The van der Waals surface area contributed by atoms with Crippen molar-refractivity contribution in [2.45, 2.75) is 6.92 Å². The highest BCUT2D eigenvalue weighted by Crippen LogP contribution is 2.26. The van der Waals surface area contributed by atoms with Crippen molar-refractivity contribution in [2.24, 2.45) is 5.73 Å². The number of H-pyrrole nitrogens is 1. The van der Waals surface area contributed by atoms with E-state index in [9.17, 15) is 9.18 Å². The second-order valence-electron chi connectivity index (χ2n) is 4.81. The number of aromatic amines is 1. The number of amides is 1. The smallest absolute Gasteiger partial charge is 0.265 e. The number of hydrogen-bond acceptors (Lipinski definition) is 1. The van der Waals surface area contributed by atoms with Gasteiger partial charge in [-0.15, -0.1) is 0 Å². The maximum atomic E-state index is 13.3. The van der Waals surface area contributed by atoms with Gasteiger partial charge < -0.3 is 10.7 Å². The van der Waals surface area contributed by atoms with Gasteiger partial charge in [-0.3, -0.25) is 4.79 Å². The molecule has 1 amide bonds. The van der Waals surface area contributed by atoms with Gasteiger partial charge in [-0.05, 0) is 53.9 Å². The average Bonchev–Trinajstić information content (AvgIpc) is 2.85. The molecule has 3 rings (SSSR count). The van der Waals surface area contributed by atoms with Crippen molar-refractivity contribution in [3.8, 4) is 11.1 Å². The zero-order chi connectivity index (χ0) is 14.3. The molecule has 3 N–H and O–H groups in total. The minimum absolute atomic E-state index is 0.215. The van der Waals surface area contributed by atoms with Crippen LogP contribution >= 0.6 is 0 Å². The molecule has 4 heteroatoms. The number of rotatable bonds is 2. The lowest BCUT2D eigenvalue weighted by Gasteiger charge is -2.04. The van der Waals surface area contributed by atoms with E-state index in [0.29, 0.717) is 11.3 Å². The summed E-state index contributed by atoms with van der Waals surface area (Å²) in [5.41, 5.74) is 8.99. The summed E-state index contributed by atoms with van der Waals surface area (Å²) >= 11 is 0. The lowest BCUT2D eigenvalue weighted by molar-refractivity contribution is 0.0996. The quantitative estimate of drug-likeness (QED) is 0.735. The van der Waals surface area contributed by atoms with E-state index in [1.54, 1.807) is 25.1 Å². The van der Waals surface area contributed by atoms with Crippen molar-refractivity contribution in [3.63, 3.8) is 0 Å². The molecule has 0 atom stereocenters. The summed E-state index contributed by atoms with van der Waals surface area (Å²) in [6, 6.07) is 12.5.